The predicted molar refractivity (Wildman–Crippen MR) is 94.7 cm³/mol. The number of rotatable bonds is 8. The second-order valence-corrected chi connectivity index (χ2v) is 6.58. The van der Waals surface area contributed by atoms with Gasteiger partial charge in [-0.25, -0.2) is 19.2 Å². The average molecular weight is 496 g/mol. The van der Waals surface area contributed by atoms with E-state index in [2.05, 4.69) is 4.94 Å². The van der Waals surface area contributed by atoms with Crippen molar-refractivity contribution in [3.8, 4) is 0 Å². The summed E-state index contributed by atoms with van der Waals surface area (Å²) >= 11 is 0. The number of hydrogen-bond donors (Lipinski definition) is 4. The number of hydrogen-bond acceptors (Lipinski definition) is 5. The standard InChI is InChI=1S/C19H10F6O9/c20-18(21,22)17(19(23,24)34-25,7-1-3-9(13(26)27)11(5-7)15(30)31)8-2-4-10(14(28)29)12(6-8)16(32)33/h1-6H,(H,26,27)(H,28,29)(H,30,31)(H,32,33). The SMILES string of the molecule is O=C(O)c1ccc(C(c2ccc(C(=O)O)c(C(=O)O)c2)(C(F)(F)F)C(F)(F)OF)cc1C(=O)O. The lowest BCUT2D eigenvalue weighted by atomic mass is 9.71. The van der Waals surface area contributed by atoms with E-state index in [9.17, 15) is 55.9 Å². The number of carbonyl (C=O) groups is 4. The van der Waals surface area contributed by atoms with Gasteiger partial charge in [0.15, 0.2) is 0 Å². The number of carboxylic acid groups (broad SMARTS) is 4. The van der Waals surface area contributed by atoms with Crippen molar-refractivity contribution in [3.05, 3.63) is 69.8 Å². The van der Waals surface area contributed by atoms with E-state index in [1.807, 2.05) is 0 Å². The Bertz CT molecular complexity index is 1110. The second kappa shape index (κ2) is 8.66. The van der Waals surface area contributed by atoms with Crippen LogP contribution in [0.2, 0.25) is 0 Å². The van der Waals surface area contributed by atoms with Gasteiger partial charge < -0.3 is 20.4 Å². The summed E-state index contributed by atoms with van der Waals surface area (Å²) in [6.07, 6.45) is -12.2. The largest absolute Gasteiger partial charge is 0.478 e. The molecule has 0 aromatic heterocycles. The number of benzene rings is 2. The molecule has 34 heavy (non-hydrogen) atoms. The molecule has 0 amide bonds. The molecule has 2 rings (SSSR count). The molecule has 0 aliphatic carbocycles. The lowest BCUT2D eigenvalue weighted by Crippen LogP contribution is -2.57. The Kier molecular flexibility index (Phi) is 6.65. The quantitative estimate of drug-likeness (QED) is 0.399. The van der Waals surface area contributed by atoms with E-state index in [-0.39, 0.29) is 36.4 Å². The summed E-state index contributed by atoms with van der Waals surface area (Å²) in [5, 5.41) is 36.4. The minimum Gasteiger partial charge on any atom is -0.478 e. The zero-order valence-corrected chi connectivity index (χ0v) is 16.1. The van der Waals surface area contributed by atoms with Crippen molar-refractivity contribution >= 4 is 23.9 Å². The van der Waals surface area contributed by atoms with Crippen molar-refractivity contribution in [1.29, 1.82) is 0 Å². The molecule has 182 valence electrons. The van der Waals surface area contributed by atoms with Crippen LogP contribution in [-0.4, -0.2) is 56.6 Å². The summed E-state index contributed by atoms with van der Waals surface area (Å²) in [7, 11) is 0. The van der Waals surface area contributed by atoms with Gasteiger partial charge in [-0.05, 0) is 39.9 Å². The van der Waals surface area contributed by atoms with Gasteiger partial charge in [0.1, 0.15) is 0 Å². The van der Waals surface area contributed by atoms with Crippen LogP contribution in [0.25, 0.3) is 0 Å². The number of alkyl halides is 5. The maximum absolute atomic E-state index is 14.7. The fraction of sp³-hybridized carbons (Fsp3) is 0.158. The Labute approximate surface area is 183 Å². The lowest BCUT2D eigenvalue weighted by molar-refractivity contribution is -0.411. The van der Waals surface area contributed by atoms with Crippen molar-refractivity contribution in [1.82, 2.24) is 0 Å². The van der Waals surface area contributed by atoms with Crippen molar-refractivity contribution in [3.63, 3.8) is 0 Å². The van der Waals surface area contributed by atoms with Crippen molar-refractivity contribution < 1.29 is 71.0 Å². The monoisotopic (exact) mass is 496 g/mol. The third kappa shape index (κ3) is 4.00. The van der Waals surface area contributed by atoms with Crippen LogP contribution in [0.1, 0.15) is 52.6 Å². The second-order valence-electron chi connectivity index (χ2n) is 6.58. The van der Waals surface area contributed by atoms with Gasteiger partial charge >= 0.3 is 36.2 Å². The normalized spacial score (nSPS) is 12.3. The molecule has 9 nitrogen and oxygen atoms in total. The van der Waals surface area contributed by atoms with E-state index < -0.39 is 75.0 Å². The Morgan fingerprint density at radius 1 is 0.618 bits per heavy atom. The summed E-state index contributed by atoms with van der Waals surface area (Å²) in [5.74, 6) is -8.19. The molecule has 0 saturated heterocycles. The van der Waals surface area contributed by atoms with Gasteiger partial charge in [0.05, 0.1) is 22.3 Å². The number of aromatic carboxylic acids is 4. The first-order valence-electron chi connectivity index (χ1n) is 8.49. The lowest BCUT2D eigenvalue weighted by Gasteiger charge is -2.40. The van der Waals surface area contributed by atoms with E-state index in [1.165, 1.54) is 0 Å². The highest BCUT2D eigenvalue weighted by Gasteiger charge is 2.73. The highest BCUT2D eigenvalue weighted by molar-refractivity contribution is 6.02. The van der Waals surface area contributed by atoms with Gasteiger partial charge in [0, 0.05) is 0 Å². The van der Waals surface area contributed by atoms with Crippen molar-refractivity contribution in [2.45, 2.75) is 17.7 Å². The van der Waals surface area contributed by atoms with Crippen molar-refractivity contribution in [2.24, 2.45) is 0 Å². The van der Waals surface area contributed by atoms with Crippen LogP contribution in [0.5, 0.6) is 0 Å². The first-order chi connectivity index (χ1) is 15.5. The molecule has 0 aliphatic heterocycles. The molecule has 15 heteroatoms. The Hall–Kier alpha value is -4.14. The van der Waals surface area contributed by atoms with E-state index >= 15 is 0 Å². The maximum atomic E-state index is 14.7. The van der Waals surface area contributed by atoms with Crippen LogP contribution >= 0.6 is 0 Å². The summed E-state index contributed by atoms with van der Waals surface area (Å²) in [6, 6.07) is 0.471. The van der Waals surface area contributed by atoms with Gasteiger partial charge in [-0.3, -0.25) is 0 Å². The fourth-order valence-electron chi connectivity index (χ4n) is 3.33. The fourth-order valence-corrected chi connectivity index (χ4v) is 3.33. The molecule has 0 radical (unpaired) electrons. The Morgan fingerprint density at radius 3 is 1.18 bits per heavy atom. The minimum absolute atomic E-state index is 0.113. The van der Waals surface area contributed by atoms with Gasteiger partial charge in [-0.15, -0.1) is 4.94 Å². The molecule has 0 unspecified atom stereocenters. The summed E-state index contributed by atoms with van der Waals surface area (Å²) in [4.78, 5) is 47.5. The smallest absolute Gasteiger partial charge is 0.411 e. The average Bonchev–Trinajstić information content (AvgIpc) is 2.72. The Morgan fingerprint density at radius 2 is 0.941 bits per heavy atom. The summed E-state index contributed by atoms with van der Waals surface area (Å²) in [6.45, 7) is 0. The first-order valence-corrected chi connectivity index (χ1v) is 8.49. The Balaban J connectivity index is 3.14. The molecule has 2 aromatic carbocycles. The van der Waals surface area contributed by atoms with E-state index in [0.29, 0.717) is 0 Å². The zero-order chi connectivity index (χ0) is 26.2. The van der Waals surface area contributed by atoms with E-state index in [0.717, 1.165) is 0 Å². The van der Waals surface area contributed by atoms with Gasteiger partial charge in [-0.1, -0.05) is 12.1 Å². The molecule has 2 aromatic rings. The van der Waals surface area contributed by atoms with Crippen molar-refractivity contribution in [2.75, 3.05) is 0 Å². The summed E-state index contributed by atoms with van der Waals surface area (Å²) in [5.41, 5.74) is -13.5. The highest BCUT2D eigenvalue weighted by atomic mass is 19.4. The minimum atomic E-state index is -6.26. The summed E-state index contributed by atoms with van der Waals surface area (Å²) < 4.78 is 85.4. The van der Waals surface area contributed by atoms with E-state index in [1.54, 1.807) is 0 Å². The van der Waals surface area contributed by atoms with E-state index in [4.69, 9.17) is 10.2 Å². The molecular formula is C19H10F6O9. The van der Waals surface area contributed by atoms with Crippen LogP contribution in [0.4, 0.5) is 26.5 Å². The molecular weight excluding hydrogens is 486 g/mol. The predicted octanol–water partition coefficient (Wildman–Crippen LogP) is 3.82. The zero-order valence-electron chi connectivity index (χ0n) is 16.1. The third-order valence-corrected chi connectivity index (χ3v) is 4.79. The molecule has 0 atom stereocenters. The van der Waals surface area contributed by atoms with Crippen LogP contribution in [0.15, 0.2) is 36.4 Å². The molecule has 0 fully saturated rings. The molecule has 0 aliphatic rings. The molecule has 0 spiro atoms. The van der Waals surface area contributed by atoms with Crippen LogP contribution in [-0.2, 0) is 10.4 Å². The maximum Gasteiger partial charge on any atom is 0.411 e. The highest BCUT2D eigenvalue weighted by Crippen LogP contribution is 2.56. The van der Waals surface area contributed by atoms with Gasteiger partial charge in [0.2, 0.25) is 5.41 Å². The molecule has 0 heterocycles. The topological polar surface area (TPSA) is 158 Å². The van der Waals surface area contributed by atoms with Crippen LogP contribution in [0, 0.1) is 0 Å². The first kappa shape index (κ1) is 26.1. The number of carboxylic acids is 4. The molecule has 0 saturated carbocycles. The molecule has 4 N–H and O–H groups in total. The van der Waals surface area contributed by atoms with Gasteiger partial charge in [-0.2, -0.15) is 22.0 Å². The van der Waals surface area contributed by atoms with Gasteiger partial charge in [0.25, 0.3) is 0 Å². The third-order valence-electron chi connectivity index (χ3n) is 4.79. The molecule has 0 bridgehead atoms. The van der Waals surface area contributed by atoms with Crippen LogP contribution in [0.3, 0.4) is 0 Å². The van der Waals surface area contributed by atoms with Crippen LogP contribution < -0.4 is 0 Å². The number of halogens is 6.